The summed E-state index contributed by atoms with van der Waals surface area (Å²) in [5.74, 6) is -1.25. The Morgan fingerprint density at radius 3 is 2.65 bits per heavy atom. The zero-order valence-corrected chi connectivity index (χ0v) is 11.3. The Kier molecular flexibility index (Phi) is 5.11. The Morgan fingerprint density at radius 2 is 2.15 bits per heavy atom. The van der Waals surface area contributed by atoms with E-state index in [1.165, 1.54) is 6.92 Å². The van der Waals surface area contributed by atoms with Gasteiger partial charge < -0.3 is 10.8 Å². The van der Waals surface area contributed by atoms with E-state index in [-0.39, 0.29) is 6.54 Å². The van der Waals surface area contributed by atoms with Gasteiger partial charge in [0.05, 0.1) is 11.0 Å². The van der Waals surface area contributed by atoms with Crippen molar-refractivity contribution in [3.63, 3.8) is 0 Å². The van der Waals surface area contributed by atoms with E-state index in [0.29, 0.717) is 0 Å². The minimum absolute atomic E-state index is 0.340. The average molecular weight is 307 g/mol. The molecule has 0 saturated carbocycles. The number of nitrogens with two attached hydrogens (primary N) is 1. The van der Waals surface area contributed by atoms with Crippen LogP contribution in [0.5, 0.6) is 0 Å². The molecular formula is C10H14FN3O5S. The molecule has 1 aromatic rings. The monoisotopic (exact) mass is 307 g/mol. The second-order valence-electron chi connectivity index (χ2n) is 4.10. The van der Waals surface area contributed by atoms with Gasteiger partial charge in [-0.25, -0.2) is 13.1 Å². The molecule has 0 radical (unpaired) electrons. The van der Waals surface area contributed by atoms with Crippen molar-refractivity contribution in [1.29, 1.82) is 0 Å². The van der Waals surface area contributed by atoms with E-state index in [1.807, 2.05) is 4.72 Å². The molecule has 0 aliphatic rings. The van der Waals surface area contributed by atoms with E-state index >= 15 is 0 Å². The van der Waals surface area contributed by atoms with Gasteiger partial charge in [0.2, 0.25) is 15.8 Å². The second-order valence-corrected chi connectivity index (χ2v) is 5.84. The number of aliphatic hydroxyl groups is 1. The number of nitrogens with one attached hydrogen (secondary N) is 1. The van der Waals surface area contributed by atoms with E-state index in [9.17, 15) is 22.9 Å². The van der Waals surface area contributed by atoms with Crippen molar-refractivity contribution in [2.75, 3.05) is 6.54 Å². The molecule has 0 heterocycles. The molecule has 1 rings (SSSR count). The molecule has 1 aromatic carbocycles. The van der Waals surface area contributed by atoms with Crippen molar-refractivity contribution in [2.45, 2.75) is 24.0 Å². The summed E-state index contributed by atoms with van der Waals surface area (Å²) in [5, 5.41) is 19.9. The largest absolute Gasteiger partial charge is 0.392 e. The van der Waals surface area contributed by atoms with Gasteiger partial charge in [0.15, 0.2) is 4.90 Å². The van der Waals surface area contributed by atoms with Gasteiger partial charge >= 0.3 is 5.69 Å². The maximum Gasteiger partial charge on any atom is 0.324 e. The van der Waals surface area contributed by atoms with Crippen LogP contribution in [0.1, 0.15) is 6.92 Å². The minimum Gasteiger partial charge on any atom is -0.392 e. The summed E-state index contributed by atoms with van der Waals surface area (Å²) in [5.41, 5.74) is 4.31. The number of nitro groups is 1. The van der Waals surface area contributed by atoms with Gasteiger partial charge in [-0.05, 0) is 19.1 Å². The van der Waals surface area contributed by atoms with Crippen molar-refractivity contribution >= 4 is 15.7 Å². The van der Waals surface area contributed by atoms with E-state index in [1.54, 1.807) is 0 Å². The molecule has 8 nitrogen and oxygen atoms in total. The molecule has 2 atom stereocenters. The number of nitrogens with zero attached hydrogens (tertiary/aromatic N) is 1. The normalized spacial score (nSPS) is 14.8. The van der Waals surface area contributed by atoms with Gasteiger partial charge in [0, 0.05) is 12.6 Å². The fraction of sp³-hybridized carbons (Fsp3) is 0.400. The van der Waals surface area contributed by atoms with Crippen LogP contribution in [0.4, 0.5) is 10.1 Å². The first-order valence-electron chi connectivity index (χ1n) is 5.53. The predicted molar refractivity (Wildman–Crippen MR) is 67.9 cm³/mol. The number of para-hydroxylation sites is 1. The molecular weight excluding hydrogens is 293 g/mol. The van der Waals surface area contributed by atoms with Crippen LogP contribution in [0.15, 0.2) is 23.1 Å². The van der Waals surface area contributed by atoms with Gasteiger partial charge in [-0.3, -0.25) is 10.1 Å². The average Bonchev–Trinajstić information content (AvgIpc) is 2.35. The lowest BCUT2D eigenvalue weighted by Crippen LogP contribution is -2.43. The third kappa shape index (κ3) is 3.70. The van der Waals surface area contributed by atoms with Crippen LogP contribution in [-0.2, 0) is 10.0 Å². The van der Waals surface area contributed by atoms with Crippen LogP contribution < -0.4 is 10.5 Å². The summed E-state index contributed by atoms with van der Waals surface area (Å²) in [4.78, 5) is 8.84. The first-order chi connectivity index (χ1) is 9.16. The van der Waals surface area contributed by atoms with Crippen LogP contribution >= 0.6 is 0 Å². The number of hydrogen-bond donors (Lipinski definition) is 3. The molecule has 0 fully saturated rings. The highest BCUT2D eigenvalue weighted by Gasteiger charge is 2.29. The lowest BCUT2D eigenvalue weighted by atomic mass is 10.2. The molecule has 0 aliphatic carbocycles. The third-order valence-electron chi connectivity index (χ3n) is 2.55. The number of nitro benzene ring substituents is 1. The highest BCUT2D eigenvalue weighted by Crippen LogP contribution is 2.26. The van der Waals surface area contributed by atoms with Crippen LogP contribution in [0.3, 0.4) is 0 Å². The Bertz CT molecular complexity index is 605. The van der Waals surface area contributed by atoms with Crippen LogP contribution in [0, 0.1) is 15.9 Å². The topological polar surface area (TPSA) is 136 Å². The van der Waals surface area contributed by atoms with Gasteiger partial charge in [0.25, 0.3) is 0 Å². The van der Waals surface area contributed by atoms with E-state index in [4.69, 9.17) is 10.8 Å². The summed E-state index contributed by atoms with van der Waals surface area (Å²) >= 11 is 0. The number of rotatable bonds is 6. The summed E-state index contributed by atoms with van der Waals surface area (Å²) in [6.07, 6.45) is -0.972. The number of aliphatic hydroxyl groups excluding tert-OH is 1. The van der Waals surface area contributed by atoms with Crippen LogP contribution in [-0.4, -0.2) is 37.1 Å². The highest BCUT2D eigenvalue weighted by atomic mass is 32.2. The molecule has 20 heavy (non-hydrogen) atoms. The Hall–Kier alpha value is -1.62. The third-order valence-corrected chi connectivity index (χ3v) is 4.01. The molecule has 0 aliphatic heterocycles. The number of halogens is 1. The molecule has 10 heteroatoms. The Labute approximate surface area is 114 Å². The summed E-state index contributed by atoms with van der Waals surface area (Å²) in [6, 6.07) is 1.86. The van der Waals surface area contributed by atoms with Crippen molar-refractivity contribution in [2.24, 2.45) is 5.73 Å². The number of sulfonamides is 1. The summed E-state index contributed by atoms with van der Waals surface area (Å²) < 4.78 is 39.2. The smallest absolute Gasteiger partial charge is 0.324 e. The maximum atomic E-state index is 13.4. The van der Waals surface area contributed by atoms with Crippen LogP contribution in [0.25, 0.3) is 0 Å². The van der Waals surface area contributed by atoms with Crippen LogP contribution in [0.2, 0.25) is 0 Å². The zero-order chi connectivity index (χ0) is 15.5. The second kappa shape index (κ2) is 6.22. The SMILES string of the molecule is CC(O)C(N)CNS(=O)(=O)c1cccc(F)c1[N+](=O)[O-]. The first kappa shape index (κ1) is 16.4. The fourth-order valence-electron chi connectivity index (χ4n) is 1.34. The van der Waals surface area contributed by atoms with Gasteiger partial charge in [-0.15, -0.1) is 0 Å². The van der Waals surface area contributed by atoms with Crippen molar-refractivity contribution in [1.82, 2.24) is 4.72 Å². The first-order valence-corrected chi connectivity index (χ1v) is 7.01. The zero-order valence-electron chi connectivity index (χ0n) is 10.5. The van der Waals surface area contributed by atoms with E-state index in [0.717, 1.165) is 18.2 Å². The highest BCUT2D eigenvalue weighted by molar-refractivity contribution is 7.89. The number of benzene rings is 1. The molecule has 4 N–H and O–H groups in total. The standard InChI is InChI=1S/C10H14FN3O5S/c1-6(15)8(12)5-13-20(18,19)9-4-2-3-7(11)10(9)14(16)17/h2-4,6,8,13,15H,5,12H2,1H3. The molecule has 112 valence electrons. The lowest BCUT2D eigenvalue weighted by molar-refractivity contribution is -0.390. The molecule has 0 amide bonds. The van der Waals surface area contributed by atoms with Crippen molar-refractivity contribution < 1.29 is 22.8 Å². The molecule has 0 saturated heterocycles. The van der Waals surface area contributed by atoms with Gasteiger partial charge in [0.1, 0.15) is 0 Å². The Morgan fingerprint density at radius 1 is 1.55 bits per heavy atom. The van der Waals surface area contributed by atoms with Crippen molar-refractivity contribution in [3.8, 4) is 0 Å². The molecule has 0 aromatic heterocycles. The Balaban J connectivity index is 3.11. The van der Waals surface area contributed by atoms with E-state index in [2.05, 4.69) is 0 Å². The molecule has 2 unspecified atom stereocenters. The predicted octanol–water partition coefficient (Wildman–Crippen LogP) is -0.280. The molecule has 0 spiro atoms. The minimum atomic E-state index is -4.31. The lowest BCUT2D eigenvalue weighted by Gasteiger charge is -2.15. The maximum absolute atomic E-state index is 13.4. The summed E-state index contributed by atoms with van der Waals surface area (Å²) in [7, 11) is -4.31. The quantitative estimate of drug-likeness (QED) is 0.488. The van der Waals surface area contributed by atoms with Crippen molar-refractivity contribution in [3.05, 3.63) is 34.1 Å². The fourth-order valence-corrected chi connectivity index (χ4v) is 2.60. The van der Waals surface area contributed by atoms with Gasteiger partial charge in [-0.1, -0.05) is 6.07 Å². The molecule has 0 bridgehead atoms. The summed E-state index contributed by atoms with van der Waals surface area (Å²) in [6.45, 7) is 1.03. The van der Waals surface area contributed by atoms with Gasteiger partial charge in [-0.2, -0.15) is 4.39 Å². The van der Waals surface area contributed by atoms with E-state index < -0.39 is 43.5 Å². The number of hydrogen-bond acceptors (Lipinski definition) is 6.